The molecule has 0 bridgehead atoms. The van der Waals surface area contributed by atoms with Crippen LogP contribution in [0.15, 0.2) is 24.3 Å². The van der Waals surface area contributed by atoms with Gasteiger partial charge in [0.15, 0.2) is 0 Å². The second-order valence-electron chi connectivity index (χ2n) is 8.98. The summed E-state index contributed by atoms with van der Waals surface area (Å²) in [4.78, 5) is 40.5. The van der Waals surface area contributed by atoms with Gasteiger partial charge in [-0.3, -0.25) is 9.59 Å². The highest BCUT2D eigenvalue weighted by Gasteiger charge is 2.39. The minimum atomic E-state index is -1.07. The zero-order chi connectivity index (χ0) is 26.0. The zero-order valence-corrected chi connectivity index (χ0v) is 23.3. The van der Waals surface area contributed by atoms with E-state index in [1.54, 1.807) is 26.5 Å². The van der Waals surface area contributed by atoms with Crippen LogP contribution in [0.2, 0.25) is 0 Å². The molecule has 3 unspecified atom stereocenters. The predicted molar refractivity (Wildman–Crippen MR) is 148 cm³/mol. The first-order chi connectivity index (χ1) is 16.7. The van der Waals surface area contributed by atoms with Gasteiger partial charge in [-0.05, 0) is 41.7 Å². The largest absolute Gasteiger partial charge is 0.480 e. The van der Waals surface area contributed by atoms with Crippen LogP contribution in [0.3, 0.4) is 0 Å². The van der Waals surface area contributed by atoms with Gasteiger partial charge in [-0.25, -0.2) is 4.79 Å². The van der Waals surface area contributed by atoms with Crippen LogP contribution in [0.1, 0.15) is 31.4 Å². The predicted octanol–water partition coefficient (Wildman–Crippen LogP) is 2.22. The number of nitrogens with two attached hydrogens (primary N) is 1. The lowest BCUT2D eigenvalue weighted by atomic mass is 9.91. The molecule has 4 atom stereocenters. The Morgan fingerprint density at radius 2 is 1.89 bits per heavy atom. The van der Waals surface area contributed by atoms with Crippen LogP contribution in [0.25, 0.3) is 0 Å². The standard InChI is InChI=1S/C24H38N4O4S3/c1-15(2)21(26-12-18(25)14-35-34-4)23(30)28-13-17-8-6-5-7-16(17)11-20(28)22(29)27-19(24(31)32)9-10-33-3/h5-8,15,18-21,26H,9-14,25H2,1-4H3,(H,27,29)(H,31,32)/t18?,19?,20?,21-/m0/s1. The van der Waals surface area contributed by atoms with Crippen LogP contribution in [-0.4, -0.2) is 82.5 Å². The maximum absolute atomic E-state index is 13.8. The molecule has 11 heteroatoms. The summed E-state index contributed by atoms with van der Waals surface area (Å²) in [7, 11) is 3.33. The van der Waals surface area contributed by atoms with Crippen molar-refractivity contribution in [1.29, 1.82) is 0 Å². The summed E-state index contributed by atoms with van der Waals surface area (Å²) in [5.74, 6) is -0.311. The number of nitrogens with zero attached hydrogens (tertiary/aromatic N) is 1. The molecule has 0 aliphatic carbocycles. The lowest BCUT2D eigenvalue weighted by molar-refractivity contribution is -0.146. The second kappa shape index (κ2) is 15.0. The SMILES string of the molecule is CSCCC(NC(=O)C1Cc2ccccc2CN1C(=O)[C@@H](NCC(N)CSSC)C(C)C)C(=O)O. The van der Waals surface area contributed by atoms with Crippen LogP contribution < -0.4 is 16.4 Å². The first-order valence-corrected chi connectivity index (χ1v) is 15.9. The van der Waals surface area contributed by atoms with E-state index in [4.69, 9.17) is 5.73 Å². The molecule has 0 saturated heterocycles. The van der Waals surface area contributed by atoms with Crippen LogP contribution >= 0.6 is 33.3 Å². The number of hydrogen-bond donors (Lipinski definition) is 4. The van der Waals surface area contributed by atoms with Crippen molar-refractivity contribution in [2.45, 2.75) is 57.4 Å². The van der Waals surface area contributed by atoms with Crippen molar-refractivity contribution in [3.63, 3.8) is 0 Å². The fourth-order valence-corrected chi connectivity index (χ4v) is 5.86. The number of carbonyl (C=O) groups is 3. The first-order valence-electron chi connectivity index (χ1n) is 11.7. The maximum Gasteiger partial charge on any atom is 0.326 e. The number of carbonyl (C=O) groups excluding carboxylic acids is 2. The molecule has 0 spiro atoms. The van der Waals surface area contributed by atoms with Crippen LogP contribution in [0, 0.1) is 5.92 Å². The molecule has 35 heavy (non-hydrogen) atoms. The van der Waals surface area contributed by atoms with Gasteiger partial charge < -0.3 is 26.4 Å². The summed E-state index contributed by atoms with van der Waals surface area (Å²) in [5, 5.41) is 15.6. The van der Waals surface area contributed by atoms with Crippen molar-refractivity contribution < 1.29 is 19.5 Å². The molecule has 8 nitrogen and oxygen atoms in total. The molecule has 196 valence electrons. The highest BCUT2D eigenvalue weighted by Crippen LogP contribution is 2.25. The third kappa shape index (κ3) is 8.89. The average molecular weight is 543 g/mol. The molecule has 1 heterocycles. The molecule has 0 radical (unpaired) electrons. The number of aliphatic carboxylic acids is 1. The van der Waals surface area contributed by atoms with Crippen LogP contribution in [-0.2, 0) is 27.3 Å². The van der Waals surface area contributed by atoms with E-state index >= 15 is 0 Å². The topological polar surface area (TPSA) is 125 Å². The number of nitrogens with one attached hydrogen (secondary N) is 2. The number of amides is 2. The molecule has 2 amide bonds. The summed E-state index contributed by atoms with van der Waals surface area (Å²) in [6.07, 6.45) is 4.56. The number of carboxylic acid groups (broad SMARTS) is 1. The molecular weight excluding hydrogens is 504 g/mol. The highest BCUT2D eigenvalue weighted by atomic mass is 33.1. The summed E-state index contributed by atoms with van der Waals surface area (Å²) in [6.45, 7) is 4.72. The van der Waals surface area contributed by atoms with Gasteiger partial charge in [0.25, 0.3) is 0 Å². The quantitative estimate of drug-likeness (QED) is 0.262. The molecule has 5 N–H and O–H groups in total. The van der Waals surface area contributed by atoms with E-state index < -0.39 is 30.0 Å². The van der Waals surface area contributed by atoms with Gasteiger partial charge in [0.05, 0.1) is 6.04 Å². The van der Waals surface area contributed by atoms with Crippen molar-refractivity contribution in [2.24, 2.45) is 11.7 Å². The summed E-state index contributed by atoms with van der Waals surface area (Å²) >= 11 is 1.53. The molecular formula is C24H38N4O4S3. The van der Waals surface area contributed by atoms with Gasteiger partial charge in [0, 0.05) is 31.3 Å². The molecule has 2 rings (SSSR count). The van der Waals surface area contributed by atoms with E-state index in [9.17, 15) is 19.5 Å². The first kappa shape index (κ1) is 29.8. The zero-order valence-electron chi connectivity index (χ0n) is 20.9. The van der Waals surface area contributed by atoms with E-state index in [1.807, 2.05) is 50.6 Å². The third-order valence-corrected chi connectivity index (χ3v) is 8.55. The fraction of sp³-hybridized carbons (Fsp3) is 0.625. The lowest BCUT2D eigenvalue weighted by Gasteiger charge is -2.39. The van der Waals surface area contributed by atoms with Gasteiger partial charge in [-0.2, -0.15) is 11.8 Å². The number of fused-ring (bicyclic) bond motifs is 1. The Bertz CT molecular complexity index is 858. The van der Waals surface area contributed by atoms with E-state index in [-0.39, 0.29) is 17.9 Å². The Hall–Kier alpha value is -1.40. The number of benzene rings is 1. The molecule has 0 fully saturated rings. The van der Waals surface area contributed by atoms with Crippen LogP contribution in [0.4, 0.5) is 0 Å². The summed E-state index contributed by atoms with van der Waals surface area (Å²) < 4.78 is 0. The molecule has 0 aromatic heterocycles. The number of hydrogen-bond acceptors (Lipinski definition) is 8. The molecule has 1 aliphatic rings. The van der Waals surface area contributed by atoms with Gasteiger partial charge >= 0.3 is 5.97 Å². The molecule has 1 aliphatic heterocycles. The second-order valence-corrected chi connectivity index (χ2v) is 12.6. The Kier molecular flexibility index (Phi) is 12.8. The minimum absolute atomic E-state index is 0.0165. The minimum Gasteiger partial charge on any atom is -0.480 e. The molecule has 1 aromatic rings. The summed E-state index contributed by atoms with van der Waals surface area (Å²) in [5.41, 5.74) is 8.20. The monoisotopic (exact) mass is 542 g/mol. The van der Waals surface area contributed by atoms with Crippen molar-refractivity contribution in [1.82, 2.24) is 15.5 Å². The highest BCUT2D eigenvalue weighted by molar-refractivity contribution is 8.76. The molecule has 0 saturated carbocycles. The van der Waals surface area contributed by atoms with E-state index in [0.29, 0.717) is 31.7 Å². The number of thioether (sulfide) groups is 1. The Morgan fingerprint density at radius 1 is 1.20 bits per heavy atom. The normalized spacial score (nSPS) is 18.0. The Morgan fingerprint density at radius 3 is 2.49 bits per heavy atom. The van der Waals surface area contributed by atoms with E-state index in [1.165, 1.54) is 11.8 Å². The number of carboxylic acids is 1. The van der Waals surface area contributed by atoms with Crippen molar-refractivity contribution in [3.8, 4) is 0 Å². The fourth-order valence-electron chi connectivity index (χ4n) is 4.03. The lowest BCUT2D eigenvalue weighted by Crippen LogP contribution is -2.60. The Balaban J connectivity index is 2.25. The van der Waals surface area contributed by atoms with Crippen molar-refractivity contribution in [2.75, 3.05) is 30.6 Å². The van der Waals surface area contributed by atoms with Gasteiger partial charge in [-0.15, -0.1) is 0 Å². The van der Waals surface area contributed by atoms with Crippen molar-refractivity contribution in [3.05, 3.63) is 35.4 Å². The van der Waals surface area contributed by atoms with Crippen LogP contribution in [0.5, 0.6) is 0 Å². The number of rotatable bonds is 14. The van der Waals surface area contributed by atoms with Gasteiger partial charge in [-0.1, -0.05) is 59.7 Å². The van der Waals surface area contributed by atoms with Gasteiger partial charge in [0.2, 0.25) is 11.8 Å². The van der Waals surface area contributed by atoms with E-state index in [2.05, 4.69) is 10.6 Å². The Labute approximate surface area is 220 Å². The van der Waals surface area contributed by atoms with Gasteiger partial charge in [0.1, 0.15) is 12.1 Å². The molecule has 1 aromatic carbocycles. The third-order valence-electron chi connectivity index (χ3n) is 5.99. The summed E-state index contributed by atoms with van der Waals surface area (Å²) in [6, 6.07) is 5.38. The van der Waals surface area contributed by atoms with Crippen molar-refractivity contribution >= 4 is 51.1 Å². The van der Waals surface area contributed by atoms with E-state index in [0.717, 1.165) is 16.9 Å². The maximum atomic E-state index is 13.8. The average Bonchev–Trinajstić information content (AvgIpc) is 2.83. The smallest absolute Gasteiger partial charge is 0.326 e.